The van der Waals surface area contributed by atoms with Crippen LogP contribution in [-0.2, 0) is 4.74 Å². The number of ether oxygens (including phenoxy) is 2. The van der Waals surface area contributed by atoms with Gasteiger partial charge in [0.15, 0.2) is 0 Å². The molecule has 1 aromatic rings. The van der Waals surface area contributed by atoms with Crippen LogP contribution in [0.2, 0.25) is 0 Å². The summed E-state index contributed by atoms with van der Waals surface area (Å²) in [6.45, 7) is 0.781. The molecule has 0 aliphatic carbocycles. The van der Waals surface area contributed by atoms with Crippen molar-refractivity contribution in [2.75, 3.05) is 27.2 Å². The number of amides is 2. The molecule has 1 saturated heterocycles. The normalized spacial score (nSPS) is 18.1. The van der Waals surface area contributed by atoms with Gasteiger partial charge in [-0.3, -0.25) is 4.79 Å². The van der Waals surface area contributed by atoms with E-state index in [1.165, 1.54) is 4.90 Å². The fourth-order valence-corrected chi connectivity index (χ4v) is 1.83. The molecule has 0 saturated carbocycles. The summed E-state index contributed by atoms with van der Waals surface area (Å²) in [4.78, 5) is 24.5. The maximum atomic E-state index is 11.9. The van der Waals surface area contributed by atoms with Crippen molar-refractivity contribution in [2.45, 2.75) is 6.10 Å². The second-order valence-electron chi connectivity index (χ2n) is 4.33. The highest BCUT2D eigenvalue weighted by molar-refractivity contribution is 5.94. The first-order valence-corrected chi connectivity index (χ1v) is 5.94. The highest BCUT2D eigenvalue weighted by Gasteiger charge is 2.28. The Bertz CT molecular complexity index is 489. The molecule has 0 radical (unpaired) electrons. The summed E-state index contributed by atoms with van der Waals surface area (Å²) >= 11 is 0. The molecule has 1 aliphatic heterocycles. The Morgan fingerprint density at radius 2 is 2.37 bits per heavy atom. The minimum absolute atomic E-state index is 0.218. The number of nitrogens with zero attached hydrogens (tertiary/aromatic N) is 1. The SMILES string of the molecule is COc1cccc(C(=O)NCC2CN(C)C(=O)O2)c1. The lowest BCUT2D eigenvalue weighted by molar-refractivity contribution is 0.0914. The minimum Gasteiger partial charge on any atom is -0.497 e. The molecule has 1 N–H and O–H groups in total. The molecule has 1 aromatic carbocycles. The predicted molar refractivity (Wildman–Crippen MR) is 68.2 cm³/mol. The molecule has 2 amide bonds. The molecule has 6 nitrogen and oxygen atoms in total. The molecule has 102 valence electrons. The Morgan fingerprint density at radius 1 is 1.58 bits per heavy atom. The third-order valence-electron chi connectivity index (χ3n) is 2.88. The number of rotatable bonds is 4. The lowest BCUT2D eigenvalue weighted by Gasteiger charge is -2.10. The third-order valence-corrected chi connectivity index (χ3v) is 2.88. The summed E-state index contributed by atoms with van der Waals surface area (Å²) in [7, 11) is 3.21. The van der Waals surface area contributed by atoms with Crippen molar-refractivity contribution in [3.63, 3.8) is 0 Å². The lowest BCUT2D eigenvalue weighted by atomic mass is 10.2. The van der Waals surface area contributed by atoms with Gasteiger partial charge in [-0.1, -0.05) is 6.07 Å². The first-order valence-electron chi connectivity index (χ1n) is 5.94. The van der Waals surface area contributed by atoms with Crippen LogP contribution in [0.15, 0.2) is 24.3 Å². The summed E-state index contributed by atoms with van der Waals surface area (Å²) in [6, 6.07) is 6.87. The molecule has 2 rings (SSSR count). The number of cyclic esters (lactones) is 1. The van der Waals surface area contributed by atoms with Crippen LogP contribution in [0, 0.1) is 0 Å². The van der Waals surface area contributed by atoms with Crippen molar-refractivity contribution >= 4 is 12.0 Å². The number of likely N-dealkylation sites (N-methyl/N-ethyl adjacent to an activating group) is 1. The van der Waals surface area contributed by atoms with Gasteiger partial charge in [-0.05, 0) is 18.2 Å². The van der Waals surface area contributed by atoms with E-state index in [-0.39, 0.29) is 18.1 Å². The van der Waals surface area contributed by atoms with Gasteiger partial charge in [-0.15, -0.1) is 0 Å². The van der Waals surface area contributed by atoms with Crippen LogP contribution < -0.4 is 10.1 Å². The van der Waals surface area contributed by atoms with Crippen LogP contribution in [0.4, 0.5) is 4.79 Å². The van der Waals surface area contributed by atoms with Crippen molar-refractivity contribution < 1.29 is 19.1 Å². The average Bonchev–Trinajstić information content (AvgIpc) is 2.75. The van der Waals surface area contributed by atoms with E-state index in [9.17, 15) is 9.59 Å². The summed E-state index contributed by atoms with van der Waals surface area (Å²) < 4.78 is 10.1. The Kier molecular flexibility index (Phi) is 3.89. The molecular formula is C13H16N2O4. The molecule has 1 fully saturated rings. The highest BCUT2D eigenvalue weighted by Crippen LogP contribution is 2.13. The molecule has 19 heavy (non-hydrogen) atoms. The zero-order valence-corrected chi connectivity index (χ0v) is 10.9. The van der Waals surface area contributed by atoms with Crippen molar-refractivity contribution in [1.29, 1.82) is 0 Å². The van der Waals surface area contributed by atoms with Crippen molar-refractivity contribution in [3.05, 3.63) is 29.8 Å². The number of benzene rings is 1. The van der Waals surface area contributed by atoms with Gasteiger partial charge in [-0.2, -0.15) is 0 Å². The van der Waals surface area contributed by atoms with Gasteiger partial charge in [-0.25, -0.2) is 4.79 Å². The van der Waals surface area contributed by atoms with Crippen LogP contribution in [0.3, 0.4) is 0 Å². The number of methoxy groups -OCH3 is 1. The Labute approximate surface area is 111 Å². The second-order valence-corrected chi connectivity index (χ2v) is 4.33. The number of carbonyl (C=O) groups is 2. The van der Waals surface area contributed by atoms with Gasteiger partial charge in [0.2, 0.25) is 0 Å². The zero-order valence-electron chi connectivity index (χ0n) is 10.9. The van der Waals surface area contributed by atoms with Crippen LogP contribution in [0.1, 0.15) is 10.4 Å². The number of carbonyl (C=O) groups excluding carboxylic acids is 2. The Hall–Kier alpha value is -2.24. The molecule has 1 heterocycles. The maximum absolute atomic E-state index is 11.9. The number of hydrogen-bond acceptors (Lipinski definition) is 4. The number of hydrogen-bond donors (Lipinski definition) is 1. The molecule has 1 atom stereocenters. The Morgan fingerprint density at radius 3 is 3.00 bits per heavy atom. The number of nitrogens with one attached hydrogen (secondary N) is 1. The first-order chi connectivity index (χ1) is 9.10. The molecule has 0 spiro atoms. The van der Waals surface area contributed by atoms with Gasteiger partial charge in [0.25, 0.3) is 5.91 Å². The second kappa shape index (κ2) is 5.60. The monoisotopic (exact) mass is 264 g/mol. The molecule has 6 heteroatoms. The van der Waals surface area contributed by atoms with E-state index in [4.69, 9.17) is 9.47 Å². The van der Waals surface area contributed by atoms with Crippen LogP contribution in [-0.4, -0.2) is 50.3 Å². The van der Waals surface area contributed by atoms with Gasteiger partial charge < -0.3 is 19.7 Å². The van der Waals surface area contributed by atoms with E-state index in [0.717, 1.165) is 0 Å². The summed E-state index contributed by atoms with van der Waals surface area (Å²) in [5, 5.41) is 2.73. The fourth-order valence-electron chi connectivity index (χ4n) is 1.83. The van der Waals surface area contributed by atoms with E-state index in [1.54, 1.807) is 38.4 Å². The molecular weight excluding hydrogens is 248 g/mol. The quantitative estimate of drug-likeness (QED) is 0.876. The smallest absolute Gasteiger partial charge is 0.410 e. The topological polar surface area (TPSA) is 67.9 Å². The summed E-state index contributed by atoms with van der Waals surface area (Å²) in [5.74, 6) is 0.407. The van der Waals surface area contributed by atoms with E-state index in [1.807, 2.05) is 0 Å². The predicted octanol–water partition coefficient (Wildman–Crippen LogP) is 0.876. The highest BCUT2D eigenvalue weighted by atomic mass is 16.6. The molecule has 1 unspecified atom stereocenters. The lowest BCUT2D eigenvalue weighted by Crippen LogP contribution is -2.34. The van der Waals surface area contributed by atoms with Gasteiger partial charge in [0.1, 0.15) is 11.9 Å². The standard InChI is InChI=1S/C13H16N2O4/c1-15-8-11(19-13(15)17)7-14-12(16)9-4-3-5-10(6-9)18-2/h3-6,11H,7-8H2,1-2H3,(H,14,16). The van der Waals surface area contributed by atoms with E-state index in [0.29, 0.717) is 24.4 Å². The van der Waals surface area contributed by atoms with E-state index in [2.05, 4.69) is 5.32 Å². The van der Waals surface area contributed by atoms with Crippen LogP contribution in [0.25, 0.3) is 0 Å². The largest absolute Gasteiger partial charge is 0.497 e. The van der Waals surface area contributed by atoms with Gasteiger partial charge >= 0.3 is 6.09 Å². The van der Waals surface area contributed by atoms with E-state index < -0.39 is 0 Å². The van der Waals surface area contributed by atoms with E-state index >= 15 is 0 Å². The Balaban J connectivity index is 1.89. The summed E-state index contributed by atoms with van der Waals surface area (Å²) in [5.41, 5.74) is 0.511. The van der Waals surface area contributed by atoms with Crippen molar-refractivity contribution in [1.82, 2.24) is 10.2 Å². The third kappa shape index (κ3) is 3.15. The molecule has 0 bridgehead atoms. The van der Waals surface area contributed by atoms with Gasteiger partial charge in [0.05, 0.1) is 20.2 Å². The van der Waals surface area contributed by atoms with Crippen LogP contribution >= 0.6 is 0 Å². The molecule has 1 aliphatic rings. The van der Waals surface area contributed by atoms with Gasteiger partial charge in [0, 0.05) is 12.6 Å². The fraction of sp³-hybridized carbons (Fsp3) is 0.385. The van der Waals surface area contributed by atoms with Crippen LogP contribution in [0.5, 0.6) is 5.75 Å². The first kappa shape index (κ1) is 13.2. The maximum Gasteiger partial charge on any atom is 0.410 e. The van der Waals surface area contributed by atoms with Crippen molar-refractivity contribution in [2.24, 2.45) is 0 Å². The average molecular weight is 264 g/mol. The molecule has 0 aromatic heterocycles. The zero-order chi connectivity index (χ0) is 13.8. The minimum atomic E-state index is -0.361. The summed E-state index contributed by atoms with van der Waals surface area (Å²) in [6.07, 6.45) is -0.660. The van der Waals surface area contributed by atoms with Crippen molar-refractivity contribution in [3.8, 4) is 5.75 Å².